The molecule has 1 aliphatic heterocycles. The summed E-state index contributed by atoms with van der Waals surface area (Å²) < 4.78 is 6.52. The number of fused-ring (bicyclic) bond motifs is 1. The Labute approximate surface area is 135 Å². The van der Waals surface area contributed by atoms with Crippen molar-refractivity contribution in [3.05, 3.63) is 69.6 Å². The first kappa shape index (κ1) is 15.5. The zero-order valence-electron chi connectivity index (χ0n) is 13.2. The van der Waals surface area contributed by atoms with E-state index < -0.39 is 0 Å². The summed E-state index contributed by atoms with van der Waals surface area (Å²) in [5.41, 5.74) is 2.92. The van der Waals surface area contributed by atoms with Crippen LogP contribution in [0.5, 0.6) is 0 Å². The maximum atomic E-state index is 12.7. The van der Waals surface area contributed by atoms with E-state index in [0.29, 0.717) is 31.8 Å². The Hall–Kier alpha value is -2.40. The fourth-order valence-corrected chi connectivity index (χ4v) is 2.87. The fourth-order valence-electron chi connectivity index (χ4n) is 2.87. The van der Waals surface area contributed by atoms with Crippen LogP contribution in [-0.4, -0.2) is 35.6 Å². The van der Waals surface area contributed by atoms with Gasteiger partial charge in [0.2, 0.25) is 0 Å². The van der Waals surface area contributed by atoms with Crippen molar-refractivity contribution in [2.75, 3.05) is 20.3 Å². The van der Waals surface area contributed by atoms with Gasteiger partial charge in [0.05, 0.1) is 12.2 Å². The minimum atomic E-state index is -0.123. The lowest BCUT2D eigenvalue weighted by atomic mass is 9.99. The quantitative estimate of drug-likeness (QED) is 0.863. The molecule has 1 aliphatic rings. The van der Waals surface area contributed by atoms with Crippen LogP contribution in [-0.2, 0) is 24.2 Å². The first-order valence-electron chi connectivity index (χ1n) is 7.74. The molecule has 1 aromatic carbocycles. The summed E-state index contributed by atoms with van der Waals surface area (Å²) in [4.78, 5) is 26.4. The molecular formula is C18H20N2O3. The molecule has 2 heterocycles. The number of pyridine rings is 1. The highest BCUT2D eigenvalue weighted by molar-refractivity contribution is 5.94. The average Bonchev–Trinajstić information content (AvgIpc) is 2.60. The normalized spacial score (nSPS) is 13.7. The van der Waals surface area contributed by atoms with E-state index in [2.05, 4.69) is 12.1 Å². The van der Waals surface area contributed by atoms with E-state index in [9.17, 15) is 9.59 Å². The molecule has 5 nitrogen and oxygen atoms in total. The summed E-state index contributed by atoms with van der Waals surface area (Å²) in [5, 5.41) is 0. The van der Waals surface area contributed by atoms with Crippen LogP contribution in [0, 0.1) is 0 Å². The SMILES string of the molecule is COCCn1cc(C(=O)N2CCc3ccccc3C2)ccc1=O. The predicted octanol–water partition coefficient (Wildman–Crippen LogP) is 1.69. The Morgan fingerprint density at radius 2 is 1.96 bits per heavy atom. The molecule has 0 aliphatic carbocycles. The molecular weight excluding hydrogens is 292 g/mol. The first-order chi connectivity index (χ1) is 11.2. The monoisotopic (exact) mass is 312 g/mol. The van der Waals surface area contributed by atoms with Crippen LogP contribution in [0.25, 0.3) is 0 Å². The van der Waals surface area contributed by atoms with Gasteiger partial charge >= 0.3 is 0 Å². The van der Waals surface area contributed by atoms with Crippen molar-refractivity contribution >= 4 is 5.91 Å². The van der Waals surface area contributed by atoms with E-state index in [0.717, 1.165) is 6.42 Å². The number of carbonyl (C=O) groups is 1. The third-order valence-corrected chi connectivity index (χ3v) is 4.18. The summed E-state index contributed by atoms with van der Waals surface area (Å²) in [6, 6.07) is 11.3. The number of aromatic nitrogens is 1. The summed E-state index contributed by atoms with van der Waals surface area (Å²) in [6.07, 6.45) is 2.50. The highest BCUT2D eigenvalue weighted by atomic mass is 16.5. The number of hydrogen-bond donors (Lipinski definition) is 0. The molecule has 0 atom stereocenters. The lowest BCUT2D eigenvalue weighted by Gasteiger charge is -2.29. The van der Waals surface area contributed by atoms with Crippen LogP contribution in [0.15, 0.2) is 47.4 Å². The number of rotatable bonds is 4. The molecule has 0 saturated heterocycles. The number of ether oxygens (including phenoxy) is 1. The number of benzene rings is 1. The Bertz CT molecular complexity index is 767. The number of carbonyl (C=O) groups excluding carboxylic acids is 1. The Morgan fingerprint density at radius 1 is 1.17 bits per heavy atom. The molecule has 0 fully saturated rings. The molecule has 0 saturated carbocycles. The van der Waals surface area contributed by atoms with Crippen LogP contribution in [0.1, 0.15) is 21.5 Å². The molecule has 0 spiro atoms. The Kier molecular flexibility index (Phi) is 4.57. The average molecular weight is 312 g/mol. The second-order valence-corrected chi connectivity index (χ2v) is 5.69. The third kappa shape index (κ3) is 3.35. The van der Waals surface area contributed by atoms with Gasteiger partial charge in [-0.25, -0.2) is 0 Å². The van der Waals surface area contributed by atoms with Crippen molar-refractivity contribution in [1.29, 1.82) is 0 Å². The number of methoxy groups -OCH3 is 1. The zero-order valence-corrected chi connectivity index (χ0v) is 13.2. The third-order valence-electron chi connectivity index (χ3n) is 4.18. The van der Waals surface area contributed by atoms with Gasteiger partial charge in [0.1, 0.15) is 0 Å². The van der Waals surface area contributed by atoms with Gasteiger partial charge in [-0.15, -0.1) is 0 Å². The van der Waals surface area contributed by atoms with Crippen LogP contribution in [0.4, 0.5) is 0 Å². The summed E-state index contributed by atoms with van der Waals surface area (Å²) in [5.74, 6) is -0.0364. The van der Waals surface area contributed by atoms with Crippen molar-refractivity contribution in [2.45, 2.75) is 19.5 Å². The Balaban J connectivity index is 1.80. The van der Waals surface area contributed by atoms with Crippen molar-refractivity contribution in [3.63, 3.8) is 0 Å². The van der Waals surface area contributed by atoms with Crippen molar-refractivity contribution in [2.24, 2.45) is 0 Å². The number of nitrogens with zero attached hydrogens (tertiary/aromatic N) is 2. The minimum absolute atomic E-state index is 0.0364. The molecule has 1 amide bonds. The second-order valence-electron chi connectivity index (χ2n) is 5.69. The molecule has 2 aromatic rings. The van der Waals surface area contributed by atoms with Crippen molar-refractivity contribution < 1.29 is 9.53 Å². The molecule has 0 unspecified atom stereocenters. The fraction of sp³-hybridized carbons (Fsp3) is 0.333. The van der Waals surface area contributed by atoms with E-state index in [4.69, 9.17) is 4.74 Å². The van der Waals surface area contributed by atoms with E-state index in [1.54, 1.807) is 19.4 Å². The molecule has 0 bridgehead atoms. The van der Waals surface area contributed by atoms with Crippen LogP contribution in [0.2, 0.25) is 0 Å². The molecule has 5 heteroatoms. The van der Waals surface area contributed by atoms with Crippen LogP contribution < -0.4 is 5.56 Å². The van der Waals surface area contributed by atoms with E-state index in [-0.39, 0.29) is 11.5 Å². The molecule has 120 valence electrons. The van der Waals surface area contributed by atoms with Gasteiger partial charge in [-0.3, -0.25) is 9.59 Å². The number of hydrogen-bond acceptors (Lipinski definition) is 3. The smallest absolute Gasteiger partial charge is 0.255 e. The van der Waals surface area contributed by atoms with Crippen molar-refractivity contribution in [1.82, 2.24) is 9.47 Å². The molecule has 0 N–H and O–H groups in total. The lowest BCUT2D eigenvalue weighted by molar-refractivity contribution is 0.0733. The van der Waals surface area contributed by atoms with Crippen molar-refractivity contribution in [3.8, 4) is 0 Å². The molecule has 1 aromatic heterocycles. The summed E-state index contributed by atoms with van der Waals surface area (Å²) in [6.45, 7) is 2.20. The second kappa shape index (κ2) is 6.79. The van der Waals surface area contributed by atoms with Gasteiger partial charge in [-0.05, 0) is 23.6 Å². The van der Waals surface area contributed by atoms with E-state index in [1.165, 1.54) is 21.8 Å². The summed E-state index contributed by atoms with van der Waals surface area (Å²) >= 11 is 0. The van der Waals surface area contributed by atoms with Gasteiger partial charge in [0.15, 0.2) is 0 Å². The lowest BCUT2D eigenvalue weighted by Crippen LogP contribution is -2.36. The largest absolute Gasteiger partial charge is 0.383 e. The highest BCUT2D eigenvalue weighted by Crippen LogP contribution is 2.20. The van der Waals surface area contributed by atoms with Crippen LogP contribution in [0.3, 0.4) is 0 Å². The molecule has 0 radical (unpaired) electrons. The van der Waals surface area contributed by atoms with E-state index in [1.807, 2.05) is 17.0 Å². The maximum absolute atomic E-state index is 12.7. The highest BCUT2D eigenvalue weighted by Gasteiger charge is 2.21. The standard InChI is InChI=1S/C18H20N2O3/c1-23-11-10-19-13-16(6-7-17(19)21)18(22)20-9-8-14-4-2-3-5-15(14)12-20/h2-7,13H,8-12H2,1H3. The molecule has 23 heavy (non-hydrogen) atoms. The van der Waals surface area contributed by atoms with Gasteiger partial charge in [0, 0.05) is 39.0 Å². The van der Waals surface area contributed by atoms with Gasteiger partial charge < -0.3 is 14.2 Å². The number of amides is 1. The zero-order chi connectivity index (χ0) is 16.2. The summed E-state index contributed by atoms with van der Waals surface area (Å²) in [7, 11) is 1.59. The molecule has 3 rings (SSSR count). The Morgan fingerprint density at radius 3 is 2.74 bits per heavy atom. The predicted molar refractivity (Wildman–Crippen MR) is 87.5 cm³/mol. The van der Waals surface area contributed by atoms with E-state index >= 15 is 0 Å². The maximum Gasteiger partial charge on any atom is 0.255 e. The van der Waals surface area contributed by atoms with Gasteiger partial charge in [-0.2, -0.15) is 0 Å². The topological polar surface area (TPSA) is 51.5 Å². The van der Waals surface area contributed by atoms with Crippen LogP contribution >= 0.6 is 0 Å². The minimum Gasteiger partial charge on any atom is -0.383 e. The van der Waals surface area contributed by atoms with Gasteiger partial charge in [-0.1, -0.05) is 24.3 Å². The van der Waals surface area contributed by atoms with Gasteiger partial charge in [0.25, 0.3) is 11.5 Å². The first-order valence-corrected chi connectivity index (χ1v) is 7.74.